The van der Waals surface area contributed by atoms with Crippen LogP contribution >= 0.6 is 0 Å². The molecule has 0 amide bonds. The van der Waals surface area contributed by atoms with E-state index in [2.05, 4.69) is 6.07 Å². The van der Waals surface area contributed by atoms with E-state index in [0.29, 0.717) is 6.61 Å². The number of carbonyl (C=O) groups excluding carboxylic acids is 1. The highest BCUT2D eigenvalue weighted by atomic mass is 16.5. The molecule has 4 nitrogen and oxygen atoms in total. The Labute approximate surface area is 135 Å². The molecular formula is C19H18N2O2. The van der Waals surface area contributed by atoms with Gasteiger partial charge in [0.1, 0.15) is 12.1 Å². The molecule has 2 aromatic rings. The number of hydrogen-bond acceptors (Lipinski definition) is 4. The molecule has 0 aromatic heterocycles. The van der Waals surface area contributed by atoms with Gasteiger partial charge in [0.2, 0.25) is 0 Å². The second-order valence-electron chi connectivity index (χ2n) is 5.44. The van der Waals surface area contributed by atoms with Gasteiger partial charge < -0.3 is 4.74 Å². The third-order valence-corrected chi connectivity index (χ3v) is 4.04. The van der Waals surface area contributed by atoms with E-state index in [1.165, 1.54) is 0 Å². The Bertz CT molecular complexity index is 670. The van der Waals surface area contributed by atoms with Crippen LogP contribution in [0.3, 0.4) is 0 Å². The normalized spacial score (nSPS) is 22.4. The zero-order valence-electron chi connectivity index (χ0n) is 12.9. The molecular weight excluding hydrogens is 288 g/mol. The fraction of sp³-hybridized carbons (Fsp3) is 0.263. The molecule has 1 aliphatic heterocycles. The van der Waals surface area contributed by atoms with Crippen LogP contribution in [0.4, 0.5) is 0 Å². The maximum atomic E-state index is 12.1. The van der Waals surface area contributed by atoms with Gasteiger partial charge in [0.25, 0.3) is 0 Å². The summed E-state index contributed by atoms with van der Waals surface area (Å²) in [6.45, 7) is 2.10. The predicted octanol–water partition coefficient (Wildman–Crippen LogP) is 2.92. The van der Waals surface area contributed by atoms with Gasteiger partial charge in [-0.2, -0.15) is 5.26 Å². The minimum atomic E-state index is -0.495. The SMILES string of the molecule is CCOC(=O)[C@@H]1[C@H](C#N)N1C(c1ccccc1)c1ccccc1. The van der Waals surface area contributed by atoms with Crippen LogP contribution < -0.4 is 0 Å². The van der Waals surface area contributed by atoms with E-state index in [0.717, 1.165) is 11.1 Å². The average Bonchev–Trinajstić information content (AvgIpc) is 3.31. The first-order chi connectivity index (χ1) is 11.3. The number of esters is 1. The highest BCUT2D eigenvalue weighted by Gasteiger charge is 2.58. The van der Waals surface area contributed by atoms with Crippen LogP contribution in [0.15, 0.2) is 60.7 Å². The van der Waals surface area contributed by atoms with Crippen molar-refractivity contribution < 1.29 is 9.53 Å². The Morgan fingerprint density at radius 1 is 1.13 bits per heavy atom. The Balaban J connectivity index is 1.97. The summed E-state index contributed by atoms with van der Waals surface area (Å²) in [5, 5.41) is 9.41. The molecule has 0 saturated carbocycles. The Morgan fingerprint density at radius 3 is 2.09 bits per heavy atom. The van der Waals surface area contributed by atoms with Gasteiger partial charge in [0.15, 0.2) is 0 Å². The summed E-state index contributed by atoms with van der Waals surface area (Å²) in [5.41, 5.74) is 2.12. The topological polar surface area (TPSA) is 53.1 Å². The van der Waals surface area contributed by atoms with Crippen LogP contribution in [-0.2, 0) is 9.53 Å². The van der Waals surface area contributed by atoms with Gasteiger partial charge in [-0.15, -0.1) is 0 Å². The predicted molar refractivity (Wildman–Crippen MR) is 86.4 cm³/mol. The van der Waals surface area contributed by atoms with Gasteiger partial charge in [-0.25, -0.2) is 0 Å². The first-order valence-corrected chi connectivity index (χ1v) is 7.71. The summed E-state index contributed by atoms with van der Waals surface area (Å²) in [7, 11) is 0. The van der Waals surface area contributed by atoms with Crippen molar-refractivity contribution in [2.45, 2.75) is 25.0 Å². The Morgan fingerprint density at radius 2 is 1.65 bits per heavy atom. The van der Waals surface area contributed by atoms with Crippen LogP contribution in [0.5, 0.6) is 0 Å². The number of benzene rings is 2. The maximum absolute atomic E-state index is 12.1. The minimum Gasteiger partial charge on any atom is -0.465 e. The first kappa shape index (κ1) is 15.3. The van der Waals surface area contributed by atoms with E-state index in [9.17, 15) is 10.1 Å². The largest absolute Gasteiger partial charge is 0.465 e. The maximum Gasteiger partial charge on any atom is 0.326 e. The molecule has 1 fully saturated rings. The van der Waals surface area contributed by atoms with Crippen molar-refractivity contribution in [1.29, 1.82) is 5.26 Å². The van der Waals surface area contributed by atoms with E-state index < -0.39 is 12.1 Å². The lowest BCUT2D eigenvalue weighted by atomic mass is 9.98. The molecule has 3 atom stereocenters. The van der Waals surface area contributed by atoms with Crippen molar-refractivity contribution in [3.8, 4) is 6.07 Å². The molecule has 116 valence electrons. The second-order valence-corrected chi connectivity index (χ2v) is 5.44. The Hall–Kier alpha value is -2.64. The van der Waals surface area contributed by atoms with E-state index in [-0.39, 0.29) is 12.0 Å². The smallest absolute Gasteiger partial charge is 0.326 e. The first-order valence-electron chi connectivity index (χ1n) is 7.71. The lowest BCUT2D eigenvalue weighted by Gasteiger charge is -2.20. The number of ether oxygens (including phenoxy) is 1. The molecule has 4 heteroatoms. The number of rotatable bonds is 5. The van der Waals surface area contributed by atoms with Gasteiger partial charge in [-0.3, -0.25) is 9.69 Å². The molecule has 1 heterocycles. The highest BCUT2D eigenvalue weighted by Crippen LogP contribution is 2.42. The average molecular weight is 306 g/mol. The van der Waals surface area contributed by atoms with E-state index in [1.807, 2.05) is 65.6 Å². The van der Waals surface area contributed by atoms with Gasteiger partial charge in [0, 0.05) is 0 Å². The van der Waals surface area contributed by atoms with Crippen molar-refractivity contribution in [2.24, 2.45) is 0 Å². The van der Waals surface area contributed by atoms with Gasteiger partial charge >= 0.3 is 5.97 Å². The fourth-order valence-corrected chi connectivity index (χ4v) is 2.99. The van der Waals surface area contributed by atoms with E-state index in [1.54, 1.807) is 6.92 Å². The summed E-state index contributed by atoms with van der Waals surface area (Å²) in [4.78, 5) is 14.1. The number of hydrogen-bond donors (Lipinski definition) is 0. The molecule has 0 bridgehead atoms. The Kier molecular flexibility index (Phi) is 4.40. The molecule has 1 unspecified atom stereocenters. The van der Waals surface area contributed by atoms with Crippen LogP contribution in [-0.4, -0.2) is 29.6 Å². The van der Waals surface area contributed by atoms with Crippen LogP contribution in [0.1, 0.15) is 24.1 Å². The highest BCUT2D eigenvalue weighted by molar-refractivity contribution is 5.81. The molecule has 2 aromatic carbocycles. The van der Waals surface area contributed by atoms with Crippen molar-refractivity contribution in [3.63, 3.8) is 0 Å². The standard InChI is InChI=1S/C19H18N2O2/c1-2-23-19(22)18-16(13-20)21(18)17(14-9-5-3-6-10-14)15-11-7-4-8-12-15/h3-12,16-18H,2H2,1H3/t16-,18-,21?/m0/s1. The van der Waals surface area contributed by atoms with Gasteiger partial charge in [0.05, 0.1) is 18.7 Å². The third kappa shape index (κ3) is 2.96. The van der Waals surface area contributed by atoms with Crippen molar-refractivity contribution in [3.05, 3.63) is 71.8 Å². The van der Waals surface area contributed by atoms with E-state index >= 15 is 0 Å². The zero-order valence-corrected chi connectivity index (χ0v) is 12.9. The molecule has 3 rings (SSSR count). The molecule has 1 aliphatic rings. The van der Waals surface area contributed by atoms with Crippen molar-refractivity contribution in [1.82, 2.24) is 4.90 Å². The molecule has 0 aliphatic carbocycles. The van der Waals surface area contributed by atoms with Gasteiger partial charge in [-0.1, -0.05) is 60.7 Å². The number of nitriles is 1. The quantitative estimate of drug-likeness (QED) is 0.629. The molecule has 0 spiro atoms. The fourth-order valence-electron chi connectivity index (χ4n) is 2.99. The second kappa shape index (κ2) is 6.64. The molecule has 1 saturated heterocycles. The third-order valence-electron chi connectivity index (χ3n) is 4.04. The lowest BCUT2D eigenvalue weighted by molar-refractivity contribution is -0.143. The molecule has 0 N–H and O–H groups in total. The number of carbonyl (C=O) groups is 1. The van der Waals surface area contributed by atoms with Crippen molar-refractivity contribution >= 4 is 5.97 Å². The summed E-state index contributed by atoms with van der Waals surface area (Å²) < 4.78 is 5.12. The van der Waals surface area contributed by atoms with Crippen molar-refractivity contribution in [2.75, 3.05) is 6.61 Å². The lowest BCUT2D eigenvalue weighted by Crippen LogP contribution is -2.20. The monoisotopic (exact) mass is 306 g/mol. The van der Waals surface area contributed by atoms with Crippen LogP contribution in [0, 0.1) is 11.3 Å². The van der Waals surface area contributed by atoms with Crippen LogP contribution in [0.2, 0.25) is 0 Å². The van der Waals surface area contributed by atoms with E-state index in [4.69, 9.17) is 4.74 Å². The zero-order chi connectivity index (χ0) is 16.2. The van der Waals surface area contributed by atoms with Gasteiger partial charge in [-0.05, 0) is 18.1 Å². The number of nitrogens with zero attached hydrogens (tertiary/aromatic N) is 2. The summed E-state index contributed by atoms with van der Waals surface area (Å²) >= 11 is 0. The minimum absolute atomic E-state index is 0.128. The van der Waals surface area contributed by atoms with Crippen LogP contribution in [0.25, 0.3) is 0 Å². The summed E-state index contributed by atoms with van der Waals surface area (Å²) in [6.07, 6.45) is 0. The molecule has 0 radical (unpaired) electrons. The molecule has 23 heavy (non-hydrogen) atoms. The summed E-state index contributed by atoms with van der Waals surface area (Å²) in [5.74, 6) is -0.323. The summed E-state index contributed by atoms with van der Waals surface area (Å²) in [6, 6.07) is 21.0.